The fraction of sp³-hybridized carbons (Fsp3) is 0.400. The lowest BCUT2D eigenvalue weighted by Gasteiger charge is -2.09. The van der Waals surface area contributed by atoms with Crippen molar-refractivity contribution in [1.82, 2.24) is 15.0 Å². The molecule has 0 fully saturated rings. The molecule has 2 rings (SSSR count). The molecule has 2 aromatic heterocycles. The van der Waals surface area contributed by atoms with Gasteiger partial charge in [0, 0.05) is 12.2 Å². The van der Waals surface area contributed by atoms with Crippen LogP contribution in [0.25, 0.3) is 11.0 Å². The molecule has 0 saturated carbocycles. The highest BCUT2D eigenvalue weighted by Gasteiger charge is 2.35. The standard InChI is InChI=1S/C10H11F3N4O/c1-5-4-6-7(14-2-3-18)16-9(10(11,12)13)17-8(6)15-5/h4,18H,2-3H2,1H3,(H2,14,15,16,17). The summed E-state index contributed by atoms with van der Waals surface area (Å²) in [6.45, 7) is 1.63. The van der Waals surface area contributed by atoms with E-state index >= 15 is 0 Å². The van der Waals surface area contributed by atoms with Crippen molar-refractivity contribution in [1.29, 1.82) is 0 Å². The molecule has 0 spiro atoms. The van der Waals surface area contributed by atoms with Crippen LogP contribution in [0.2, 0.25) is 0 Å². The Kier molecular flexibility index (Phi) is 3.12. The molecule has 0 saturated heterocycles. The van der Waals surface area contributed by atoms with Gasteiger partial charge in [-0.15, -0.1) is 0 Å². The summed E-state index contributed by atoms with van der Waals surface area (Å²) in [5.41, 5.74) is 0.806. The number of aliphatic hydroxyl groups is 1. The van der Waals surface area contributed by atoms with Crippen molar-refractivity contribution in [3.63, 3.8) is 0 Å². The Morgan fingerprint density at radius 2 is 2.11 bits per heavy atom. The van der Waals surface area contributed by atoms with Crippen LogP contribution in [0.4, 0.5) is 19.0 Å². The first-order valence-corrected chi connectivity index (χ1v) is 5.21. The molecule has 8 heteroatoms. The maximum atomic E-state index is 12.6. The highest BCUT2D eigenvalue weighted by Crippen LogP contribution is 2.30. The van der Waals surface area contributed by atoms with Crippen LogP contribution in [-0.2, 0) is 6.18 Å². The molecular weight excluding hydrogens is 249 g/mol. The molecule has 0 aliphatic rings. The van der Waals surface area contributed by atoms with Crippen molar-refractivity contribution in [2.75, 3.05) is 18.5 Å². The molecule has 18 heavy (non-hydrogen) atoms. The molecule has 0 radical (unpaired) electrons. The van der Waals surface area contributed by atoms with E-state index in [1.54, 1.807) is 13.0 Å². The molecule has 0 aliphatic carbocycles. The number of aromatic amines is 1. The Balaban J connectivity index is 2.56. The van der Waals surface area contributed by atoms with Gasteiger partial charge < -0.3 is 15.4 Å². The lowest BCUT2D eigenvalue weighted by Crippen LogP contribution is -2.14. The second-order valence-electron chi connectivity index (χ2n) is 3.76. The van der Waals surface area contributed by atoms with Gasteiger partial charge in [0.25, 0.3) is 0 Å². The largest absolute Gasteiger partial charge is 0.451 e. The maximum absolute atomic E-state index is 12.6. The van der Waals surface area contributed by atoms with Crippen LogP contribution in [0.3, 0.4) is 0 Å². The number of aromatic nitrogens is 3. The first-order chi connectivity index (χ1) is 8.41. The van der Waals surface area contributed by atoms with Crippen molar-refractivity contribution in [2.24, 2.45) is 0 Å². The van der Waals surface area contributed by atoms with Crippen LogP contribution in [0.5, 0.6) is 0 Å². The average Bonchev–Trinajstić information content (AvgIpc) is 2.64. The van der Waals surface area contributed by atoms with E-state index in [1.807, 2.05) is 0 Å². The van der Waals surface area contributed by atoms with Gasteiger partial charge in [-0.1, -0.05) is 0 Å². The van der Waals surface area contributed by atoms with Gasteiger partial charge in [-0.25, -0.2) is 9.97 Å². The minimum absolute atomic E-state index is 0.0609. The Morgan fingerprint density at radius 1 is 1.39 bits per heavy atom. The molecule has 2 aromatic rings. The molecule has 0 aliphatic heterocycles. The lowest BCUT2D eigenvalue weighted by molar-refractivity contribution is -0.144. The molecule has 0 unspecified atom stereocenters. The lowest BCUT2D eigenvalue weighted by atomic mass is 10.3. The molecular formula is C10H11F3N4O. The van der Waals surface area contributed by atoms with E-state index in [0.29, 0.717) is 11.1 Å². The fourth-order valence-electron chi connectivity index (χ4n) is 1.58. The molecule has 0 aromatic carbocycles. The number of alkyl halides is 3. The number of aliphatic hydroxyl groups excluding tert-OH is 1. The Bertz CT molecular complexity index is 564. The zero-order valence-electron chi connectivity index (χ0n) is 9.47. The number of aryl methyl sites for hydroxylation is 1. The predicted octanol–water partition coefficient (Wildman–Crippen LogP) is 1.69. The summed E-state index contributed by atoms with van der Waals surface area (Å²) in [6, 6.07) is 1.65. The third kappa shape index (κ3) is 2.37. The Labute approximate surface area is 100 Å². The van der Waals surface area contributed by atoms with Gasteiger partial charge in [0.2, 0.25) is 5.82 Å². The summed E-state index contributed by atoms with van der Waals surface area (Å²) in [6.07, 6.45) is -4.61. The predicted molar refractivity (Wildman–Crippen MR) is 59.2 cm³/mol. The Morgan fingerprint density at radius 3 is 2.72 bits per heavy atom. The van der Waals surface area contributed by atoms with Crippen molar-refractivity contribution in [3.05, 3.63) is 17.6 Å². The van der Waals surface area contributed by atoms with Crippen LogP contribution in [0.15, 0.2) is 6.07 Å². The minimum Gasteiger partial charge on any atom is -0.395 e. The van der Waals surface area contributed by atoms with E-state index in [1.165, 1.54) is 0 Å². The number of fused-ring (bicyclic) bond motifs is 1. The van der Waals surface area contributed by atoms with Crippen LogP contribution < -0.4 is 5.32 Å². The number of nitrogens with one attached hydrogen (secondary N) is 2. The van der Waals surface area contributed by atoms with Gasteiger partial charge >= 0.3 is 6.18 Å². The SMILES string of the molecule is Cc1cc2c(NCCO)nc(C(F)(F)F)nc2[nH]1. The summed E-state index contributed by atoms with van der Waals surface area (Å²) in [5, 5.41) is 11.8. The smallest absolute Gasteiger partial charge is 0.395 e. The van der Waals surface area contributed by atoms with Crippen molar-refractivity contribution in [3.8, 4) is 0 Å². The van der Waals surface area contributed by atoms with Gasteiger partial charge in [0.15, 0.2) is 0 Å². The van der Waals surface area contributed by atoms with Crippen molar-refractivity contribution < 1.29 is 18.3 Å². The maximum Gasteiger partial charge on any atom is 0.451 e. The van der Waals surface area contributed by atoms with Crippen LogP contribution in [-0.4, -0.2) is 33.2 Å². The number of hydrogen-bond acceptors (Lipinski definition) is 4. The van der Waals surface area contributed by atoms with Crippen LogP contribution in [0.1, 0.15) is 11.5 Å². The normalized spacial score (nSPS) is 12.1. The molecule has 0 amide bonds. The fourth-order valence-corrected chi connectivity index (χ4v) is 1.58. The average molecular weight is 260 g/mol. The highest BCUT2D eigenvalue weighted by atomic mass is 19.4. The van der Waals surface area contributed by atoms with Crippen molar-refractivity contribution in [2.45, 2.75) is 13.1 Å². The molecule has 98 valence electrons. The number of anilines is 1. The highest BCUT2D eigenvalue weighted by molar-refractivity contribution is 5.87. The summed E-state index contributed by atoms with van der Waals surface area (Å²) in [5.74, 6) is -1.15. The Hall–Kier alpha value is -1.83. The number of H-pyrrole nitrogens is 1. The molecule has 0 bridgehead atoms. The molecule has 2 heterocycles. The number of hydrogen-bond donors (Lipinski definition) is 3. The quantitative estimate of drug-likeness (QED) is 0.785. The summed E-state index contributed by atoms with van der Waals surface area (Å²) < 4.78 is 37.8. The first kappa shape index (κ1) is 12.6. The van der Waals surface area contributed by atoms with E-state index in [2.05, 4.69) is 20.3 Å². The summed E-state index contributed by atoms with van der Waals surface area (Å²) in [4.78, 5) is 9.62. The van der Waals surface area contributed by atoms with E-state index in [4.69, 9.17) is 5.11 Å². The van der Waals surface area contributed by atoms with E-state index < -0.39 is 12.0 Å². The van der Waals surface area contributed by atoms with Crippen LogP contribution >= 0.6 is 0 Å². The van der Waals surface area contributed by atoms with E-state index in [0.717, 1.165) is 0 Å². The number of halogens is 3. The monoisotopic (exact) mass is 260 g/mol. The first-order valence-electron chi connectivity index (χ1n) is 5.21. The van der Waals surface area contributed by atoms with E-state index in [-0.39, 0.29) is 24.6 Å². The number of rotatable bonds is 3. The number of nitrogens with zero attached hydrogens (tertiary/aromatic N) is 2. The van der Waals surface area contributed by atoms with Crippen LogP contribution in [0, 0.1) is 6.92 Å². The summed E-state index contributed by atoms with van der Waals surface area (Å²) in [7, 11) is 0. The molecule has 3 N–H and O–H groups in total. The third-order valence-corrected chi connectivity index (χ3v) is 2.28. The second kappa shape index (κ2) is 4.45. The van der Waals surface area contributed by atoms with Gasteiger partial charge in [0.05, 0.1) is 12.0 Å². The second-order valence-corrected chi connectivity index (χ2v) is 3.76. The van der Waals surface area contributed by atoms with Gasteiger partial charge in [0.1, 0.15) is 11.5 Å². The van der Waals surface area contributed by atoms with Gasteiger partial charge in [-0.2, -0.15) is 13.2 Å². The third-order valence-electron chi connectivity index (χ3n) is 2.28. The zero-order chi connectivity index (χ0) is 13.3. The van der Waals surface area contributed by atoms with Crippen molar-refractivity contribution >= 4 is 16.9 Å². The van der Waals surface area contributed by atoms with Gasteiger partial charge in [-0.3, -0.25) is 0 Å². The molecule has 5 nitrogen and oxygen atoms in total. The summed E-state index contributed by atoms with van der Waals surface area (Å²) >= 11 is 0. The van der Waals surface area contributed by atoms with Gasteiger partial charge in [-0.05, 0) is 13.0 Å². The minimum atomic E-state index is -4.61. The molecule has 0 atom stereocenters. The zero-order valence-corrected chi connectivity index (χ0v) is 9.47. The topological polar surface area (TPSA) is 73.8 Å². The van der Waals surface area contributed by atoms with E-state index in [9.17, 15) is 13.2 Å².